The van der Waals surface area contributed by atoms with E-state index in [9.17, 15) is 0 Å². The molecule has 0 spiro atoms. The first-order valence-corrected chi connectivity index (χ1v) is 9.24. The first kappa shape index (κ1) is 15.8. The highest BCUT2D eigenvalue weighted by atomic mass is 15.1. The van der Waals surface area contributed by atoms with E-state index in [-0.39, 0.29) is 0 Å². The van der Waals surface area contributed by atoms with Crippen LogP contribution in [0.3, 0.4) is 0 Å². The molecule has 0 saturated heterocycles. The number of rotatable bonds is 2. The van der Waals surface area contributed by atoms with Gasteiger partial charge in [0.2, 0.25) is 0 Å². The first-order valence-electron chi connectivity index (χ1n) is 9.24. The molecule has 3 aromatic heterocycles. The minimum absolute atomic E-state index is 0.837. The molecule has 0 aliphatic rings. The van der Waals surface area contributed by atoms with Crippen LogP contribution in [0.15, 0.2) is 79.5 Å². The van der Waals surface area contributed by atoms with Crippen LogP contribution < -0.4 is 0 Å². The minimum Gasteiger partial charge on any atom is -0.285 e. The lowest BCUT2D eigenvalue weighted by Crippen LogP contribution is -1.90. The average Bonchev–Trinajstić information content (AvgIpc) is 3.26. The molecule has 0 fully saturated rings. The van der Waals surface area contributed by atoms with Gasteiger partial charge in [0.15, 0.2) is 0 Å². The van der Waals surface area contributed by atoms with Crippen LogP contribution in [-0.2, 0) is 0 Å². The van der Waals surface area contributed by atoms with Crippen LogP contribution in [0, 0.1) is 0 Å². The number of hydrogen-bond donors (Lipinski definition) is 1. The zero-order chi connectivity index (χ0) is 19.2. The fourth-order valence-corrected chi connectivity index (χ4v) is 3.59. The van der Waals surface area contributed by atoms with Crippen molar-refractivity contribution in [2.45, 2.75) is 0 Å². The Bertz CT molecular complexity index is 1520. The smallest absolute Gasteiger partial charge is 0.116 e. The molecule has 29 heavy (non-hydrogen) atoms. The molecule has 0 bridgehead atoms. The van der Waals surface area contributed by atoms with Crippen LogP contribution >= 0.6 is 0 Å². The van der Waals surface area contributed by atoms with E-state index in [4.69, 9.17) is 4.98 Å². The van der Waals surface area contributed by atoms with E-state index in [1.54, 1.807) is 6.33 Å². The van der Waals surface area contributed by atoms with Gasteiger partial charge in [0.05, 0.1) is 34.0 Å². The Hall–Kier alpha value is -4.19. The molecule has 3 aromatic carbocycles. The van der Waals surface area contributed by atoms with Gasteiger partial charge in [0.25, 0.3) is 0 Å². The molecule has 1 N–H and O–H groups in total. The number of nitrogens with zero attached hydrogens (tertiary/aromatic N) is 5. The van der Waals surface area contributed by atoms with Crippen molar-refractivity contribution in [1.29, 1.82) is 0 Å². The van der Waals surface area contributed by atoms with Crippen molar-refractivity contribution in [2.24, 2.45) is 0 Å². The number of benzene rings is 3. The maximum Gasteiger partial charge on any atom is 0.116 e. The van der Waals surface area contributed by atoms with Crippen LogP contribution in [0.4, 0.5) is 0 Å². The average molecular weight is 374 g/mol. The molecule has 0 saturated carbocycles. The summed E-state index contributed by atoms with van der Waals surface area (Å²) in [7, 11) is 0. The highest BCUT2D eigenvalue weighted by Crippen LogP contribution is 2.27. The van der Waals surface area contributed by atoms with Gasteiger partial charge in [-0.1, -0.05) is 24.3 Å². The molecule has 3 heterocycles. The summed E-state index contributed by atoms with van der Waals surface area (Å²) in [5.74, 6) is 0. The fraction of sp³-hybridized carbons (Fsp3) is 0. The van der Waals surface area contributed by atoms with Crippen LogP contribution in [0.2, 0.25) is 0 Å². The zero-order valence-electron chi connectivity index (χ0n) is 15.2. The van der Waals surface area contributed by atoms with Gasteiger partial charge in [0.1, 0.15) is 6.33 Å². The van der Waals surface area contributed by atoms with Gasteiger partial charge in [0, 0.05) is 28.7 Å². The second-order valence-electron chi connectivity index (χ2n) is 6.91. The Morgan fingerprint density at radius 2 is 1.45 bits per heavy atom. The third-order valence-corrected chi connectivity index (χ3v) is 5.11. The Morgan fingerprint density at radius 3 is 2.41 bits per heavy atom. The van der Waals surface area contributed by atoms with E-state index in [1.165, 1.54) is 0 Å². The molecule has 0 aliphatic heterocycles. The van der Waals surface area contributed by atoms with Crippen molar-refractivity contribution in [3.63, 3.8) is 0 Å². The van der Waals surface area contributed by atoms with Gasteiger partial charge >= 0.3 is 0 Å². The molecule has 0 atom stereocenters. The van der Waals surface area contributed by atoms with Crippen LogP contribution in [0.5, 0.6) is 0 Å². The predicted octanol–water partition coefficient (Wildman–Crippen LogP) is 4.78. The largest absolute Gasteiger partial charge is 0.285 e. The number of hydrogen-bond acceptors (Lipinski definition) is 5. The quantitative estimate of drug-likeness (QED) is 0.472. The maximum atomic E-state index is 4.87. The van der Waals surface area contributed by atoms with Gasteiger partial charge in [-0.2, -0.15) is 5.10 Å². The van der Waals surface area contributed by atoms with E-state index in [1.807, 2.05) is 42.9 Å². The van der Waals surface area contributed by atoms with E-state index in [2.05, 4.69) is 55.5 Å². The fourth-order valence-electron chi connectivity index (χ4n) is 3.59. The second-order valence-corrected chi connectivity index (χ2v) is 6.91. The number of aromatic amines is 1. The Balaban J connectivity index is 1.47. The standard InChI is InChI=1S/C23H14N6/c1-2-17-10-24-13-26-21(17)8-14(1)15-3-6-20-22(9-15)28-23(12-25-20)16-4-5-19-18(7-16)11-27-29-19/h1-13H,(H,27,29). The van der Waals surface area contributed by atoms with E-state index in [0.29, 0.717) is 0 Å². The summed E-state index contributed by atoms with van der Waals surface area (Å²) >= 11 is 0. The summed E-state index contributed by atoms with van der Waals surface area (Å²) in [6.07, 6.45) is 7.09. The molecular formula is C23H14N6. The van der Waals surface area contributed by atoms with E-state index < -0.39 is 0 Å². The van der Waals surface area contributed by atoms with Gasteiger partial charge in [-0.3, -0.25) is 10.1 Å². The molecule has 0 radical (unpaired) electrons. The third-order valence-electron chi connectivity index (χ3n) is 5.11. The SMILES string of the molecule is c1ncc2ccc(-c3ccc4ncc(-c5ccc6n[nH]cc6c5)nc4c3)cc2n1. The van der Waals surface area contributed by atoms with Gasteiger partial charge in [-0.25, -0.2) is 15.0 Å². The summed E-state index contributed by atoms with van der Waals surface area (Å²) in [5.41, 5.74) is 7.60. The molecule has 0 amide bonds. The summed E-state index contributed by atoms with van der Waals surface area (Å²) in [5, 5.41) is 9.16. The minimum atomic E-state index is 0.837. The summed E-state index contributed by atoms with van der Waals surface area (Å²) in [6, 6.07) is 18.4. The molecule has 6 rings (SSSR count). The van der Waals surface area contributed by atoms with Crippen LogP contribution in [0.25, 0.3) is 55.2 Å². The molecular weight excluding hydrogens is 360 g/mol. The van der Waals surface area contributed by atoms with Gasteiger partial charge < -0.3 is 0 Å². The van der Waals surface area contributed by atoms with Crippen molar-refractivity contribution in [3.8, 4) is 22.4 Å². The number of aromatic nitrogens is 6. The van der Waals surface area contributed by atoms with Crippen LogP contribution in [0.1, 0.15) is 0 Å². The summed E-state index contributed by atoms with van der Waals surface area (Å²) < 4.78 is 0. The second kappa shape index (κ2) is 6.17. The Kier molecular flexibility index (Phi) is 3.37. The van der Waals surface area contributed by atoms with Gasteiger partial charge in [-0.15, -0.1) is 0 Å². The number of H-pyrrole nitrogens is 1. The molecule has 6 nitrogen and oxygen atoms in total. The molecule has 0 aliphatic carbocycles. The van der Waals surface area contributed by atoms with E-state index >= 15 is 0 Å². The molecule has 136 valence electrons. The third kappa shape index (κ3) is 2.70. The first-order chi connectivity index (χ1) is 14.3. The lowest BCUT2D eigenvalue weighted by molar-refractivity contribution is 1.12. The number of nitrogens with one attached hydrogen (secondary N) is 1. The summed E-state index contributed by atoms with van der Waals surface area (Å²) in [6.45, 7) is 0. The Labute approximate surface area is 165 Å². The van der Waals surface area contributed by atoms with E-state index in [0.717, 1.165) is 55.2 Å². The topological polar surface area (TPSA) is 80.2 Å². The monoisotopic (exact) mass is 374 g/mol. The highest BCUT2D eigenvalue weighted by molar-refractivity contribution is 5.88. The molecule has 0 unspecified atom stereocenters. The summed E-state index contributed by atoms with van der Waals surface area (Å²) in [4.78, 5) is 17.9. The zero-order valence-corrected chi connectivity index (χ0v) is 15.2. The van der Waals surface area contributed by atoms with Crippen molar-refractivity contribution >= 4 is 32.8 Å². The lowest BCUT2D eigenvalue weighted by Gasteiger charge is -2.07. The van der Waals surface area contributed by atoms with Crippen LogP contribution in [-0.4, -0.2) is 30.1 Å². The maximum absolute atomic E-state index is 4.87. The normalized spacial score (nSPS) is 11.4. The molecule has 6 aromatic rings. The predicted molar refractivity (Wildman–Crippen MR) is 113 cm³/mol. The number of fused-ring (bicyclic) bond motifs is 3. The van der Waals surface area contributed by atoms with Crippen molar-refractivity contribution < 1.29 is 0 Å². The van der Waals surface area contributed by atoms with Crippen molar-refractivity contribution in [3.05, 3.63) is 79.5 Å². The van der Waals surface area contributed by atoms with Crippen molar-refractivity contribution in [1.82, 2.24) is 30.1 Å². The highest BCUT2D eigenvalue weighted by Gasteiger charge is 2.07. The Morgan fingerprint density at radius 1 is 0.621 bits per heavy atom. The van der Waals surface area contributed by atoms with Crippen molar-refractivity contribution in [2.75, 3.05) is 0 Å². The van der Waals surface area contributed by atoms with Gasteiger partial charge in [-0.05, 0) is 41.5 Å². The lowest BCUT2D eigenvalue weighted by atomic mass is 10.0. The molecule has 6 heteroatoms.